The van der Waals surface area contributed by atoms with Crippen molar-refractivity contribution >= 4 is 17.9 Å². The van der Waals surface area contributed by atoms with Crippen molar-refractivity contribution in [2.24, 2.45) is 0 Å². The number of hydrogen-bond donors (Lipinski definition) is 2. The third kappa shape index (κ3) is 4.96. The van der Waals surface area contributed by atoms with Gasteiger partial charge in [-0.05, 0) is 0 Å². The normalized spacial score (nSPS) is 32.1. The van der Waals surface area contributed by atoms with E-state index in [2.05, 4.69) is 0 Å². The third-order valence-electron chi connectivity index (χ3n) is 2.69. The largest absolute Gasteiger partial charge is 0.463 e. The first kappa shape index (κ1) is 17.3. The molecule has 0 bridgehead atoms. The van der Waals surface area contributed by atoms with E-state index in [4.69, 9.17) is 18.9 Å². The summed E-state index contributed by atoms with van der Waals surface area (Å²) in [6, 6.07) is 0. The lowest BCUT2D eigenvalue weighted by Gasteiger charge is -2.41. The third-order valence-corrected chi connectivity index (χ3v) is 2.69. The summed E-state index contributed by atoms with van der Waals surface area (Å²) in [5, 5.41) is 19.4. The van der Waals surface area contributed by atoms with Crippen LogP contribution in [0.5, 0.6) is 0 Å². The summed E-state index contributed by atoms with van der Waals surface area (Å²) in [5.41, 5.74) is 0. The Morgan fingerprint density at radius 2 is 1.48 bits per heavy atom. The Balaban J connectivity index is 2.94. The number of rotatable bonds is 4. The SMILES string of the molecule is CC(=O)OC[C@H]1O[C@H](O)[C@H](O)[C@H](OC(C)=O)[C@H]1OC(C)=O. The van der Waals surface area contributed by atoms with Crippen LogP contribution in [-0.4, -0.2) is 65.4 Å². The van der Waals surface area contributed by atoms with E-state index in [1.807, 2.05) is 0 Å². The van der Waals surface area contributed by atoms with Crippen LogP contribution in [0.15, 0.2) is 0 Å². The number of hydrogen-bond acceptors (Lipinski definition) is 9. The zero-order chi connectivity index (χ0) is 16.2. The van der Waals surface area contributed by atoms with Crippen molar-refractivity contribution < 1.29 is 43.5 Å². The van der Waals surface area contributed by atoms with E-state index in [1.165, 1.54) is 6.92 Å². The van der Waals surface area contributed by atoms with Crippen molar-refractivity contribution in [3.8, 4) is 0 Å². The number of ether oxygens (including phenoxy) is 4. The maximum Gasteiger partial charge on any atom is 0.303 e. The Morgan fingerprint density at radius 3 is 1.95 bits per heavy atom. The van der Waals surface area contributed by atoms with Crippen LogP contribution in [-0.2, 0) is 33.3 Å². The number of esters is 3. The van der Waals surface area contributed by atoms with Crippen LogP contribution in [0.4, 0.5) is 0 Å². The minimum absolute atomic E-state index is 0.338. The molecule has 0 aromatic carbocycles. The van der Waals surface area contributed by atoms with E-state index in [1.54, 1.807) is 0 Å². The molecule has 1 aliphatic rings. The Morgan fingerprint density at radius 1 is 0.952 bits per heavy atom. The first-order chi connectivity index (χ1) is 9.72. The highest BCUT2D eigenvalue weighted by Gasteiger charge is 2.49. The van der Waals surface area contributed by atoms with Gasteiger partial charge in [-0.2, -0.15) is 0 Å². The molecule has 9 heteroatoms. The van der Waals surface area contributed by atoms with Gasteiger partial charge in [-0.25, -0.2) is 0 Å². The quantitative estimate of drug-likeness (QED) is 0.470. The van der Waals surface area contributed by atoms with Gasteiger partial charge < -0.3 is 29.2 Å². The molecule has 0 saturated carbocycles. The zero-order valence-electron chi connectivity index (χ0n) is 11.8. The average molecular weight is 306 g/mol. The molecule has 9 nitrogen and oxygen atoms in total. The molecule has 1 fully saturated rings. The Kier molecular flexibility index (Phi) is 6.06. The predicted octanol–water partition coefficient (Wildman–Crippen LogP) is -1.51. The van der Waals surface area contributed by atoms with Gasteiger partial charge in [0.15, 0.2) is 18.5 Å². The summed E-state index contributed by atoms with van der Waals surface area (Å²) >= 11 is 0. The van der Waals surface area contributed by atoms with Crippen LogP contribution in [0, 0.1) is 0 Å². The van der Waals surface area contributed by atoms with Gasteiger partial charge in [-0.15, -0.1) is 0 Å². The monoisotopic (exact) mass is 306 g/mol. The molecular weight excluding hydrogens is 288 g/mol. The predicted molar refractivity (Wildman–Crippen MR) is 64.6 cm³/mol. The number of aliphatic hydroxyl groups is 2. The van der Waals surface area contributed by atoms with Gasteiger partial charge in [-0.3, -0.25) is 14.4 Å². The van der Waals surface area contributed by atoms with Gasteiger partial charge in [0.25, 0.3) is 0 Å². The summed E-state index contributed by atoms with van der Waals surface area (Å²) in [4.78, 5) is 33.1. The zero-order valence-corrected chi connectivity index (χ0v) is 11.8. The fourth-order valence-electron chi connectivity index (χ4n) is 1.90. The van der Waals surface area contributed by atoms with E-state index in [9.17, 15) is 24.6 Å². The number of carbonyl (C=O) groups excluding carboxylic acids is 3. The van der Waals surface area contributed by atoms with Crippen molar-refractivity contribution in [1.29, 1.82) is 0 Å². The molecule has 0 aliphatic carbocycles. The lowest BCUT2D eigenvalue weighted by Crippen LogP contribution is -2.61. The van der Waals surface area contributed by atoms with E-state index in [0.717, 1.165) is 13.8 Å². The average Bonchev–Trinajstić information content (AvgIpc) is 2.35. The molecule has 0 radical (unpaired) electrons. The van der Waals surface area contributed by atoms with Crippen LogP contribution in [0.2, 0.25) is 0 Å². The second-order valence-electron chi connectivity index (χ2n) is 4.51. The molecule has 1 saturated heterocycles. The summed E-state index contributed by atoms with van der Waals surface area (Å²) in [6.07, 6.45) is -6.92. The van der Waals surface area contributed by atoms with E-state index >= 15 is 0 Å². The van der Waals surface area contributed by atoms with Gasteiger partial charge in [0.2, 0.25) is 0 Å². The topological polar surface area (TPSA) is 129 Å². The highest BCUT2D eigenvalue weighted by Crippen LogP contribution is 2.25. The van der Waals surface area contributed by atoms with Crippen LogP contribution in [0.1, 0.15) is 20.8 Å². The molecule has 21 heavy (non-hydrogen) atoms. The number of carbonyl (C=O) groups is 3. The fraction of sp³-hybridized carbons (Fsp3) is 0.750. The summed E-state index contributed by atoms with van der Waals surface area (Å²) < 4.78 is 19.6. The smallest absolute Gasteiger partial charge is 0.303 e. The minimum atomic E-state index is -1.68. The van der Waals surface area contributed by atoms with E-state index in [-0.39, 0.29) is 6.61 Å². The summed E-state index contributed by atoms with van der Waals surface area (Å²) in [6.45, 7) is 3.04. The second-order valence-corrected chi connectivity index (χ2v) is 4.51. The molecule has 1 aliphatic heterocycles. The first-order valence-electron chi connectivity index (χ1n) is 6.21. The first-order valence-corrected chi connectivity index (χ1v) is 6.21. The number of aliphatic hydroxyl groups excluding tert-OH is 2. The molecule has 0 unspecified atom stereocenters. The lowest BCUT2D eigenvalue weighted by molar-refractivity contribution is -0.293. The molecule has 0 aromatic heterocycles. The van der Waals surface area contributed by atoms with E-state index < -0.39 is 48.6 Å². The molecule has 2 N–H and O–H groups in total. The van der Waals surface area contributed by atoms with Gasteiger partial charge in [0.1, 0.15) is 18.8 Å². The highest BCUT2D eigenvalue weighted by atomic mass is 16.7. The van der Waals surface area contributed by atoms with Gasteiger partial charge in [-0.1, -0.05) is 0 Å². The highest BCUT2D eigenvalue weighted by molar-refractivity contribution is 5.67. The fourth-order valence-corrected chi connectivity index (χ4v) is 1.90. The Bertz CT molecular complexity index is 408. The molecule has 0 spiro atoms. The van der Waals surface area contributed by atoms with Crippen molar-refractivity contribution in [3.05, 3.63) is 0 Å². The van der Waals surface area contributed by atoms with Crippen molar-refractivity contribution in [2.75, 3.05) is 6.61 Å². The maximum atomic E-state index is 11.1. The minimum Gasteiger partial charge on any atom is -0.463 e. The molecule has 1 rings (SSSR count). The maximum absolute atomic E-state index is 11.1. The lowest BCUT2D eigenvalue weighted by atomic mass is 9.98. The van der Waals surface area contributed by atoms with Crippen molar-refractivity contribution in [2.45, 2.75) is 51.5 Å². The van der Waals surface area contributed by atoms with Crippen LogP contribution >= 0.6 is 0 Å². The van der Waals surface area contributed by atoms with Gasteiger partial charge >= 0.3 is 17.9 Å². The molecular formula is C12H18O9. The van der Waals surface area contributed by atoms with E-state index in [0.29, 0.717) is 0 Å². The standard InChI is InChI=1S/C12H18O9/c1-5(13)18-4-8-10(19-6(2)14)11(20-7(3)15)9(16)12(17)21-8/h8-12,16-17H,4H2,1-3H3/t8-,9-,10+,11+,12+/m1/s1. The Hall–Kier alpha value is -1.71. The summed E-state index contributed by atoms with van der Waals surface area (Å²) in [7, 11) is 0. The molecule has 5 atom stereocenters. The second kappa shape index (κ2) is 7.34. The van der Waals surface area contributed by atoms with Crippen LogP contribution in [0.3, 0.4) is 0 Å². The molecule has 0 amide bonds. The van der Waals surface area contributed by atoms with Crippen LogP contribution < -0.4 is 0 Å². The van der Waals surface area contributed by atoms with Gasteiger partial charge in [0.05, 0.1) is 0 Å². The van der Waals surface area contributed by atoms with Crippen molar-refractivity contribution in [1.82, 2.24) is 0 Å². The van der Waals surface area contributed by atoms with Gasteiger partial charge in [0, 0.05) is 20.8 Å². The molecule has 120 valence electrons. The molecule has 1 heterocycles. The molecule has 0 aromatic rings. The Labute approximate surface area is 120 Å². The van der Waals surface area contributed by atoms with Crippen molar-refractivity contribution in [3.63, 3.8) is 0 Å². The van der Waals surface area contributed by atoms with Crippen LogP contribution in [0.25, 0.3) is 0 Å². The summed E-state index contributed by atoms with van der Waals surface area (Å²) in [5.74, 6) is -2.06.